The van der Waals surface area contributed by atoms with Crippen LogP contribution in [0.3, 0.4) is 0 Å². The van der Waals surface area contributed by atoms with Gasteiger partial charge in [-0.2, -0.15) is 5.26 Å². The van der Waals surface area contributed by atoms with Crippen LogP contribution in [0.4, 0.5) is 0 Å². The van der Waals surface area contributed by atoms with Crippen molar-refractivity contribution in [2.45, 2.75) is 32.6 Å². The number of nitrogens with zero attached hydrogens (tertiary/aromatic N) is 1. The molecule has 0 spiro atoms. The largest absolute Gasteiger partial charge is 0.192 e. The van der Waals surface area contributed by atoms with Crippen LogP contribution in [0.5, 0.6) is 0 Å². The molecule has 0 heterocycles. The fourth-order valence-corrected chi connectivity index (χ4v) is 2.41. The van der Waals surface area contributed by atoms with Crippen molar-refractivity contribution in [2.24, 2.45) is 0 Å². The Morgan fingerprint density at radius 3 is 2.42 bits per heavy atom. The van der Waals surface area contributed by atoms with Crippen molar-refractivity contribution in [1.29, 1.82) is 5.26 Å². The van der Waals surface area contributed by atoms with E-state index in [1.807, 2.05) is 30.3 Å². The minimum atomic E-state index is 0.778. The molecule has 0 bridgehead atoms. The third kappa shape index (κ3) is 3.23. The van der Waals surface area contributed by atoms with Gasteiger partial charge in [0.05, 0.1) is 11.6 Å². The SMILES string of the molecule is CCCCCc1cccc(C#N)c1-c1ccccc1. The van der Waals surface area contributed by atoms with E-state index in [-0.39, 0.29) is 0 Å². The Balaban J connectivity index is 2.41. The van der Waals surface area contributed by atoms with Crippen LogP contribution < -0.4 is 0 Å². The van der Waals surface area contributed by atoms with Gasteiger partial charge in [-0.15, -0.1) is 0 Å². The van der Waals surface area contributed by atoms with Crippen molar-refractivity contribution in [3.63, 3.8) is 0 Å². The lowest BCUT2D eigenvalue weighted by atomic mass is 9.92. The summed E-state index contributed by atoms with van der Waals surface area (Å²) in [5.41, 5.74) is 4.33. The molecular weight excluding hydrogens is 230 g/mol. The molecule has 2 aromatic carbocycles. The average Bonchev–Trinajstić information content (AvgIpc) is 2.48. The highest BCUT2D eigenvalue weighted by Crippen LogP contribution is 2.28. The highest BCUT2D eigenvalue weighted by molar-refractivity contribution is 5.73. The zero-order valence-electron chi connectivity index (χ0n) is 11.4. The number of benzene rings is 2. The van der Waals surface area contributed by atoms with E-state index in [0.29, 0.717) is 0 Å². The minimum absolute atomic E-state index is 0.778. The summed E-state index contributed by atoms with van der Waals surface area (Å²) in [6.07, 6.45) is 4.70. The lowest BCUT2D eigenvalue weighted by Crippen LogP contribution is -1.94. The summed E-state index contributed by atoms with van der Waals surface area (Å²) in [4.78, 5) is 0. The molecule has 0 fully saturated rings. The number of aryl methyl sites for hydroxylation is 1. The first-order valence-electron chi connectivity index (χ1n) is 6.94. The number of rotatable bonds is 5. The maximum absolute atomic E-state index is 9.33. The zero-order chi connectivity index (χ0) is 13.5. The summed E-state index contributed by atoms with van der Waals surface area (Å²) in [6.45, 7) is 2.21. The van der Waals surface area contributed by atoms with Crippen molar-refractivity contribution in [2.75, 3.05) is 0 Å². The first kappa shape index (κ1) is 13.4. The molecule has 0 aromatic heterocycles. The van der Waals surface area contributed by atoms with E-state index in [1.165, 1.54) is 24.8 Å². The Hall–Kier alpha value is -2.07. The fourth-order valence-electron chi connectivity index (χ4n) is 2.41. The van der Waals surface area contributed by atoms with Crippen LogP contribution in [-0.2, 0) is 6.42 Å². The summed E-state index contributed by atoms with van der Waals surface area (Å²) in [5.74, 6) is 0. The van der Waals surface area contributed by atoms with Crippen LogP contribution in [0.1, 0.15) is 37.3 Å². The highest BCUT2D eigenvalue weighted by atomic mass is 14.3. The van der Waals surface area contributed by atoms with Crippen LogP contribution in [-0.4, -0.2) is 0 Å². The third-order valence-electron chi connectivity index (χ3n) is 3.38. The van der Waals surface area contributed by atoms with Gasteiger partial charge in [0.25, 0.3) is 0 Å². The number of hydrogen-bond donors (Lipinski definition) is 0. The number of unbranched alkanes of at least 4 members (excludes halogenated alkanes) is 2. The van der Waals surface area contributed by atoms with Crippen molar-refractivity contribution in [3.8, 4) is 17.2 Å². The molecule has 2 rings (SSSR count). The molecule has 0 atom stereocenters. The number of hydrogen-bond acceptors (Lipinski definition) is 1. The molecule has 0 N–H and O–H groups in total. The molecular formula is C18H19N. The first-order valence-corrected chi connectivity index (χ1v) is 6.94. The summed E-state index contributed by atoms with van der Waals surface area (Å²) < 4.78 is 0. The Bertz CT molecular complexity index is 564. The van der Waals surface area contributed by atoms with Crippen LogP contribution in [0.25, 0.3) is 11.1 Å². The van der Waals surface area contributed by atoms with Gasteiger partial charge >= 0.3 is 0 Å². The van der Waals surface area contributed by atoms with Crippen molar-refractivity contribution < 1.29 is 0 Å². The maximum atomic E-state index is 9.33. The van der Waals surface area contributed by atoms with E-state index >= 15 is 0 Å². The Morgan fingerprint density at radius 2 is 1.74 bits per heavy atom. The normalized spacial score (nSPS) is 10.1. The third-order valence-corrected chi connectivity index (χ3v) is 3.38. The van der Waals surface area contributed by atoms with E-state index in [2.05, 4.69) is 31.2 Å². The topological polar surface area (TPSA) is 23.8 Å². The second-order valence-corrected chi connectivity index (χ2v) is 4.77. The van der Waals surface area contributed by atoms with Crippen LogP contribution in [0.15, 0.2) is 48.5 Å². The monoisotopic (exact) mass is 249 g/mol. The summed E-state index contributed by atoms with van der Waals surface area (Å²) in [6, 6.07) is 18.6. The first-order chi connectivity index (χ1) is 9.36. The average molecular weight is 249 g/mol. The standard InChI is InChI=1S/C18H19N/c1-2-3-5-9-16-12-8-13-17(14-19)18(16)15-10-6-4-7-11-15/h4,6-8,10-13H,2-3,5,9H2,1H3. The van der Waals surface area contributed by atoms with Gasteiger partial charge in [-0.25, -0.2) is 0 Å². The van der Waals surface area contributed by atoms with Gasteiger partial charge in [0.15, 0.2) is 0 Å². The van der Waals surface area contributed by atoms with Gasteiger partial charge < -0.3 is 0 Å². The molecule has 0 aliphatic heterocycles. The van der Waals surface area contributed by atoms with Crippen molar-refractivity contribution in [1.82, 2.24) is 0 Å². The van der Waals surface area contributed by atoms with Gasteiger partial charge in [-0.05, 0) is 30.0 Å². The quantitative estimate of drug-likeness (QED) is 0.687. The molecule has 0 saturated heterocycles. The predicted molar refractivity (Wildman–Crippen MR) is 79.8 cm³/mol. The molecule has 0 saturated carbocycles. The zero-order valence-corrected chi connectivity index (χ0v) is 11.4. The van der Waals surface area contributed by atoms with Gasteiger partial charge in [-0.1, -0.05) is 62.2 Å². The van der Waals surface area contributed by atoms with Gasteiger partial charge in [0, 0.05) is 5.56 Å². The molecule has 2 aromatic rings. The smallest absolute Gasteiger partial charge is 0.0998 e. The highest BCUT2D eigenvalue weighted by Gasteiger charge is 2.09. The Labute approximate surface area is 115 Å². The minimum Gasteiger partial charge on any atom is -0.192 e. The molecule has 0 aliphatic carbocycles. The van der Waals surface area contributed by atoms with Crippen LogP contribution in [0.2, 0.25) is 0 Å². The van der Waals surface area contributed by atoms with E-state index in [1.54, 1.807) is 0 Å². The van der Waals surface area contributed by atoms with Gasteiger partial charge in [-0.3, -0.25) is 0 Å². The molecule has 0 radical (unpaired) electrons. The fraction of sp³-hybridized carbons (Fsp3) is 0.278. The second-order valence-electron chi connectivity index (χ2n) is 4.77. The van der Waals surface area contributed by atoms with Gasteiger partial charge in [0.2, 0.25) is 0 Å². The molecule has 19 heavy (non-hydrogen) atoms. The molecule has 0 aliphatic rings. The van der Waals surface area contributed by atoms with E-state index < -0.39 is 0 Å². The lowest BCUT2D eigenvalue weighted by Gasteiger charge is -2.11. The summed E-state index contributed by atoms with van der Waals surface area (Å²) >= 11 is 0. The number of nitriles is 1. The lowest BCUT2D eigenvalue weighted by molar-refractivity contribution is 0.718. The Morgan fingerprint density at radius 1 is 0.947 bits per heavy atom. The summed E-state index contributed by atoms with van der Waals surface area (Å²) in [7, 11) is 0. The summed E-state index contributed by atoms with van der Waals surface area (Å²) in [5, 5.41) is 9.33. The second kappa shape index (κ2) is 6.75. The maximum Gasteiger partial charge on any atom is 0.0998 e. The van der Waals surface area contributed by atoms with Gasteiger partial charge in [0.1, 0.15) is 0 Å². The van der Waals surface area contributed by atoms with E-state index in [0.717, 1.165) is 23.1 Å². The van der Waals surface area contributed by atoms with E-state index in [4.69, 9.17) is 0 Å². The van der Waals surface area contributed by atoms with Crippen LogP contribution >= 0.6 is 0 Å². The molecule has 1 nitrogen and oxygen atoms in total. The Kier molecular flexibility index (Phi) is 4.75. The van der Waals surface area contributed by atoms with Crippen molar-refractivity contribution >= 4 is 0 Å². The molecule has 0 amide bonds. The molecule has 0 unspecified atom stereocenters. The van der Waals surface area contributed by atoms with E-state index in [9.17, 15) is 5.26 Å². The molecule has 96 valence electrons. The predicted octanol–water partition coefficient (Wildman–Crippen LogP) is 4.96. The van der Waals surface area contributed by atoms with Crippen LogP contribution in [0, 0.1) is 11.3 Å². The molecule has 1 heteroatoms. The van der Waals surface area contributed by atoms with Crippen molar-refractivity contribution in [3.05, 3.63) is 59.7 Å².